The van der Waals surface area contributed by atoms with Crippen molar-refractivity contribution in [2.75, 3.05) is 6.54 Å². The van der Waals surface area contributed by atoms with E-state index in [2.05, 4.69) is 0 Å². The molecule has 1 aromatic carbocycles. The van der Waals surface area contributed by atoms with Crippen LogP contribution in [0, 0.1) is 5.92 Å². The van der Waals surface area contributed by atoms with Gasteiger partial charge in [-0.2, -0.15) is 0 Å². The number of nitrogens with zero attached hydrogens (tertiary/aromatic N) is 1. The van der Waals surface area contributed by atoms with Crippen LogP contribution >= 0.6 is 0 Å². The van der Waals surface area contributed by atoms with E-state index in [4.69, 9.17) is 11.5 Å². The Morgan fingerprint density at radius 2 is 2.11 bits per heavy atom. The molecule has 1 atom stereocenters. The van der Waals surface area contributed by atoms with Crippen LogP contribution in [0.4, 0.5) is 0 Å². The summed E-state index contributed by atoms with van der Waals surface area (Å²) in [7, 11) is 0. The summed E-state index contributed by atoms with van der Waals surface area (Å²) < 4.78 is 0. The molecule has 1 heterocycles. The summed E-state index contributed by atoms with van der Waals surface area (Å²) in [5.41, 5.74) is 12.8. The molecule has 1 aliphatic rings. The molecule has 4 N–H and O–H groups in total. The molecule has 1 fully saturated rings. The van der Waals surface area contributed by atoms with Crippen LogP contribution in [0.2, 0.25) is 0 Å². The standard InChI is InChI=1S/C13H17N3O2/c14-7-9-2-1-3-10(6-9)8-16-5-4-11(12(15)17)13(16)18/h1-3,6,11H,4-5,7-8,14H2,(H2,15,17)/t11-/m0/s1. The molecule has 1 aromatic rings. The van der Waals surface area contributed by atoms with Crippen molar-refractivity contribution < 1.29 is 9.59 Å². The molecule has 5 heteroatoms. The van der Waals surface area contributed by atoms with Crippen LogP contribution in [0.15, 0.2) is 24.3 Å². The second-order valence-corrected chi connectivity index (χ2v) is 4.53. The highest BCUT2D eigenvalue weighted by Gasteiger charge is 2.35. The average Bonchev–Trinajstić information content (AvgIpc) is 2.71. The van der Waals surface area contributed by atoms with E-state index in [1.807, 2.05) is 24.3 Å². The molecule has 1 saturated heterocycles. The highest BCUT2D eigenvalue weighted by Crippen LogP contribution is 2.20. The van der Waals surface area contributed by atoms with Crippen molar-refractivity contribution in [3.8, 4) is 0 Å². The third kappa shape index (κ3) is 2.51. The van der Waals surface area contributed by atoms with E-state index in [-0.39, 0.29) is 5.91 Å². The van der Waals surface area contributed by atoms with Gasteiger partial charge in [0.1, 0.15) is 5.92 Å². The van der Waals surface area contributed by atoms with E-state index in [0.29, 0.717) is 26.1 Å². The Morgan fingerprint density at radius 1 is 1.39 bits per heavy atom. The molecule has 2 amide bonds. The molecule has 96 valence electrons. The molecular formula is C13H17N3O2. The van der Waals surface area contributed by atoms with Gasteiger partial charge in [0.2, 0.25) is 11.8 Å². The molecule has 1 aliphatic heterocycles. The minimum atomic E-state index is -0.650. The second-order valence-electron chi connectivity index (χ2n) is 4.53. The molecule has 2 rings (SSSR count). The molecule has 0 saturated carbocycles. The molecule has 0 aliphatic carbocycles. The van der Waals surface area contributed by atoms with Gasteiger partial charge >= 0.3 is 0 Å². The summed E-state index contributed by atoms with van der Waals surface area (Å²) >= 11 is 0. The predicted molar refractivity (Wildman–Crippen MR) is 67.1 cm³/mol. The topological polar surface area (TPSA) is 89.4 Å². The molecule has 0 unspecified atom stereocenters. The Bertz CT molecular complexity index is 473. The molecule has 0 bridgehead atoms. The van der Waals surface area contributed by atoms with Gasteiger partial charge in [0.05, 0.1) is 0 Å². The first-order valence-corrected chi connectivity index (χ1v) is 5.98. The van der Waals surface area contributed by atoms with Gasteiger partial charge in [-0.05, 0) is 17.5 Å². The smallest absolute Gasteiger partial charge is 0.235 e. The number of carbonyl (C=O) groups is 2. The van der Waals surface area contributed by atoms with E-state index < -0.39 is 11.8 Å². The van der Waals surface area contributed by atoms with Crippen LogP contribution in [0.25, 0.3) is 0 Å². The number of carbonyl (C=O) groups excluding carboxylic acids is 2. The Labute approximate surface area is 106 Å². The van der Waals surface area contributed by atoms with Crippen molar-refractivity contribution in [2.24, 2.45) is 17.4 Å². The zero-order valence-corrected chi connectivity index (χ0v) is 10.1. The highest BCUT2D eigenvalue weighted by atomic mass is 16.2. The summed E-state index contributed by atoms with van der Waals surface area (Å²) in [6.07, 6.45) is 0.519. The second kappa shape index (κ2) is 5.18. The van der Waals surface area contributed by atoms with Gasteiger partial charge in [-0.3, -0.25) is 9.59 Å². The molecule has 0 spiro atoms. The SMILES string of the molecule is NCc1cccc(CN2CC[C@@H](C(N)=O)C2=O)c1. The highest BCUT2D eigenvalue weighted by molar-refractivity contribution is 6.00. The fraction of sp³-hybridized carbons (Fsp3) is 0.385. The quantitative estimate of drug-likeness (QED) is 0.733. The Hall–Kier alpha value is -1.88. The zero-order valence-electron chi connectivity index (χ0n) is 10.1. The van der Waals surface area contributed by atoms with Gasteiger partial charge in [0.25, 0.3) is 0 Å². The Kier molecular flexibility index (Phi) is 3.62. The molecule has 5 nitrogen and oxygen atoms in total. The number of likely N-dealkylation sites (tertiary alicyclic amines) is 1. The van der Waals surface area contributed by atoms with Crippen molar-refractivity contribution >= 4 is 11.8 Å². The van der Waals surface area contributed by atoms with Gasteiger partial charge in [-0.15, -0.1) is 0 Å². The van der Waals surface area contributed by atoms with Crippen LogP contribution in [-0.2, 0) is 22.7 Å². The van der Waals surface area contributed by atoms with Crippen LogP contribution < -0.4 is 11.5 Å². The van der Waals surface area contributed by atoms with Crippen molar-refractivity contribution in [3.05, 3.63) is 35.4 Å². The first-order chi connectivity index (χ1) is 8.61. The van der Waals surface area contributed by atoms with Crippen molar-refractivity contribution in [1.82, 2.24) is 4.90 Å². The van der Waals surface area contributed by atoms with Gasteiger partial charge < -0.3 is 16.4 Å². The van der Waals surface area contributed by atoms with E-state index in [9.17, 15) is 9.59 Å². The fourth-order valence-corrected chi connectivity index (χ4v) is 2.24. The first-order valence-electron chi connectivity index (χ1n) is 5.98. The lowest BCUT2D eigenvalue weighted by molar-refractivity contribution is -0.136. The van der Waals surface area contributed by atoms with Crippen molar-refractivity contribution in [1.29, 1.82) is 0 Å². The van der Waals surface area contributed by atoms with Gasteiger partial charge in [0, 0.05) is 19.6 Å². The number of hydrogen-bond donors (Lipinski definition) is 2. The maximum absolute atomic E-state index is 11.9. The minimum Gasteiger partial charge on any atom is -0.369 e. The van der Waals surface area contributed by atoms with Gasteiger partial charge in [0.15, 0.2) is 0 Å². The first kappa shape index (κ1) is 12.6. The molecular weight excluding hydrogens is 230 g/mol. The number of hydrogen-bond acceptors (Lipinski definition) is 3. The van der Waals surface area contributed by atoms with Crippen molar-refractivity contribution in [3.63, 3.8) is 0 Å². The predicted octanol–water partition coefficient (Wildman–Crippen LogP) is -0.0209. The summed E-state index contributed by atoms with van der Waals surface area (Å²) in [5.74, 6) is -1.35. The lowest BCUT2D eigenvalue weighted by Gasteiger charge is -2.16. The lowest BCUT2D eigenvalue weighted by atomic mass is 10.1. The van der Waals surface area contributed by atoms with Gasteiger partial charge in [-0.25, -0.2) is 0 Å². The van der Waals surface area contributed by atoms with E-state index >= 15 is 0 Å². The monoisotopic (exact) mass is 247 g/mol. The maximum atomic E-state index is 11.9. The Morgan fingerprint density at radius 3 is 2.72 bits per heavy atom. The maximum Gasteiger partial charge on any atom is 0.235 e. The lowest BCUT2D eigenvalue weighted by Crippen LogP contribution is -2.33. The van der Waals surface area contributed by atoms with E-state index in [1.54, 1.807) is 4.90 Å². The van der Waals surface area contributed by atoms with Crippen LogP contribution in [0.1, 0.15) is 17.5 Å². The number of rotatable bonds is 4. The Balaban J connectivity index is 2.06. The van der Waals surface area contributed by atoms with Crippen LogP contribution in [-0.4, -0.2) is 23.3 Å². The summed E-state index contributed by atoms with van der Waals surface area (Å²) in [6.45, 7) is 1.57. The summed E-state index contributed by atoms with van der Waals surface area (Å²) in [4.78, 5) is 24.6. The summed E-state index contributed by atoms with van der Waals surface area (Å²) in [5, 5.41) is 0. The number of amides is 2. The van der Waals surface area contributed by atoms with Crippen LogP contribution in [0.5, 0.6) is 0 Å². The van der Waals surface area contributed by atoms with Crippen molar-refractivity contribution in [2.45, 2.75) is 19.5 Å². The number of primary amides is 1. The third-order valence-electron chi connectivity index (χ3n) is 3.24. The molecule has 0 aromatic heterocycles. The number of nitrogens with two attached hydrogens (primary N) is 2. The average molecular weight is 247 g/mol. The normalized spacial score (nSPS) is 19.3. The largest absolute Gasteiger partial charge is 0.369 e. The summed E-state index contributed by atoms with van der Waals surface area (Å²) in [6, 6.07) is 7.79. The van der Waals surface area contributed by atoms with Gasteiger partial charge in [-0.1, -0.05) is 24.3 Å². The molecule has 0 radical (unpaired) electrons. The third-order valence-corrected chi connectivity index (χ3v) is 3.24. The molecule has 18 heavy (non-hydrogen) atoms. The fourth-order valence-electron chi connectivity index (χ4n) is 2.24. The zero-order chi connectivity index (χ0) is 13.1. The van der Waals surface area contributed by atoms with E-state index in [1.165, 1.54) is 0 Å². The van der Waals surface area contributed by atoms with E-state index in [0.717, 1.165) is 11.1 Å². The van der Waals surface area contributed by atoms with Crippen LogP contribution in [0.3, 0.4) is 0 Å². The number of benzene rings is 1. The minimum absolute atomic E-state index is 0.166.